The van der Waals surface area contributed by atoms with E-state index >= 15 is 0 Å². The highest BCUT2D eigenvalue weighted by Crippen LogP contribution is 2.39. The maximum atomic E-state index is 5.82. The first-order valence-corrected chi connectivity index (χ1v) is 17.6. The molecule has 0 fully saturated rings. The minimum absolute atomic E-state index is 0.00183. The summed E-state index contributed by atoms with van der Waals surface area (Å²) in [5.74, 6) is 0.798. The zero-order valence-electron chi connectivity index (χ0n) is 31.3. The van der Waals surface area contributed by atoms with E-state index in [0.717, 1.165) is 50.6 Å². The van der Waals surface area contributed by atoms with Crippen molar-refractivity contribution < 1.29 is 4.74 Å². The summed E-state index contributed by atoms with van der Waals surface area (Å²) in [4.78, 5) is 10.1. The SMILES string of the molecule is COc1ccccc1-c1cc(-c2cc(C(C)(C)C)cc(C(C)(C)C)c2)cc(-c2cccc(-c3cc(-c4ccc(C(C)(C)C)cc4)ccn3)c2)n1. The third-order valence-electron chi connectivity index (χ3n) is 9.50. The number of pyridine rings is 2. The Kier molecular flexibility index (Phi) is 9.31. The van der Waals surface area contributed by atoms with Crippen molar-refractivity contribution in [3.05, 3.63) is 138 Å². The molecule has 254 valence electrons. The van der Waals surface area contributed by atoms with Crippen LogP contribution in [-0.4, -0.2) is 17.1 Å². The van der Waals surface area contributed by atoms with Crippen LogP contribution in [0.3, 0.4) is 0 Å². The molecule has 6 aromatic rings. The Bertz CT molecular complexity index is 2110. The predicted molar refractivity (Wildman–Crippen MR) is 212 cm³/mol. The fourth-order valence-electron chi connectivity index (χ4n) is 6.27. The summed E-state index contributed by atoms with van der Waals surface area (Å²) >= 11 is 0. The normalized spacial score (nSPS) is 12.2. The molecule has 0 amide bonds. The van der Waals surface area contributed by atoms with Crippen LogP contribution in [0.4, 0.5) is 0 Å². The number of benzene rings is 4. The van der Waals surface area contributed by atoms with Gasteiger partial charge in [-0.2, -0.15) is 0 Å². The Hall–Kier alpha value is -5.02. The third-order valence-corrected chi connectivity index (χ3v) is 9.50. The van der Waals surface area contributed by atoms with E-state index in [-0.39, 0.29) is 16.2 Å². The molecular weight excluding hydrogens is 609 g/mol. The van der Waals surface area contributed by atoms with Gasteiger partial charge < -0.3 is 4.74 Å². The van der Waals surface area contributed by atoms with Gasteiger partial charge in [0.15, 0.2) is 0 Å². The molecular formula is C47H50N2O. The molecule has 3 nitrogen and oxygen atoms in total. The monoisotopic (exact) mass is 658 g/mol. The number of nitrogens with zero attached hydrogens (tertiary/aromatic N) is 2. The lowest BCUT2D eigenvalue weighted by molar-refractivity contribution is 0.416. The Morgan fingerprint density at radius 2 is 0.980 bits per heavy atom. The Morgan fingerprint density at radius 3 is 1.60 bits per heavy atom. The number of aromatic nitrogens is 2. The summed E-state index contributed by atoms with van der Waals surface area (Å²) in [6.07, 6.45) is 1.91. The average Bonchev–Trinajstić information content (AvgIpc) is 3.10. The van der Waals surface area contributed by atoms with Crippen LogP contribution in [0.15, 0.2) is 121 Å². The molecule has 6 rings (SSSR count). The van der Waals surface area contributed by atoms with Crippen molar-refractivity contribution in [2.45, 2.75) is 78.6 Å². The molecule has 0 spiro atoms. The van der Waals surface area contributed by atoms with E-state index in [1.165, 1.54) is 27.8 Å². The fourth-order valence-corrected chi connectivity index (χ4v) is 6.27. The molecule has 2 aromatic heterocycles. The van der Waals surface area contributed by atoms with E-state index in [9.17, 15) is 0 Å². The predicted octanol–water partition coefficient (Wildman–Crippen LogP) is 12.7. The smallest absolute Gasteiger partial charge is 0.128 e. The summed E-state index contributed by atoms with van der Waals surface area (Å²) in [7, 11) is 1.72. The van der Waals surface area contributed by atoms with Gasteiger partial charge in [-0.3, -0.25) is 4.98 Å². The molecule has 0 unspecified atom stereocenters. The van der Waals surface area contributed by atoms with E-state index in [1.54, 1.807) is 7.11 Å². The first-order chi connectivity index (χ1) is 23.6. The summed E-state index contributed by atoms with van der Waals surface area (Å²) in [6.45, 7) is 20.4. The Balaban J connectivity index is 1.49. The second-order valence-electron chi connectivity index (χ2n) is 16.5. The van der Waals surface area contributed by atoms with Crippen LogP contribution in [-0.2, 0) is 16.2 Å². The summed E-state index contributed by atoms with van der Waals surface area (Å²) in [5, 5.41) is 0. The lowest BCUT2D eigenvalue weighted by Crippen LogP contribution is -2.16. The van der Waals surface area contributed by atoms with E-state index in [4.69, 9.17) is 14.7 Å². The largest absolute Gasteiger partial charge is 0.496 e. The minimum atomic E-state index is 0.00183. The van der Waals surface area contributed by atoms with Crippen LogP contribution in [0, 0.1) is 0 Å². The van der Waals surface area contributed by atoms with Crippen LogP contribution in [0.2, 0.25) is 0 Å². The highest BCUT2D eigenvalue weighted by atomic mass is 16.5. The molecule has 0 aliphatic heterocycles. The van der Waals surface area contributed by atoms with Crippen LogP contribution in [0.1, 0.15) is 79.0 Å². The number of rotatable bonds is 6. The Morgan fingerprint density at radius 1 is 0.420 bits per heavy atom. The van der Waals surface area contributed by atoms with Crippen LogP contribution >= 0.6 is 0 Å². The quantitative estimate of drug-likeness (QED) is 0.179. The average molecular weight is 659 g/mol. The van der Waals surface area contributed by atoms with Gasteiger partial charge in [0.1, 0.15) is 5.75 Å². The molecule has 0 N–H and O–H groups in total. The van der Waals surface area contributed by atoms with Crippen molar-refractivity contribution in [3.8, 4) is 61.8 Å². The maximum absolute atomic E-state index is 5.82. The van der Waals surface area contributed by atoms with Crippen LogP contribution in [0.5, 0.6) is 5.75 Å². The molecule has 0 bridgehead atoms. The highest BCUT2D eigenvalue weighted by molar-refractivity contribution is 5.81. The Labute approximate surface area is 299 Å². The molecule has 0 atom stereocenters. The first-order valence-electron chi connectivity index (χ1n) is 17.6. The molecule has 0 aliphatic carbocycles. The second kappa shape index (κ2) is 13.4. The van der Waals surface area contributed by atoms with Gasteiger partial charge in [-0.1, -0.05) is 135 Å². The van der Waals surface area contributed by atoms with Crippen molar-refractivity contribution in [3.63, 3.8) is 0 Å². The van der Waals surface area contributed by atoms with Gasteiger partial charge in [-0.05, 0) is 97.7 Å². The topological polar surface area (TPSA) is 35.0 Å². The molecule has 50 heavy (non-hydrogen) atoms. The number of methoxy groups -OCH3 is 1. The van der Waals surface area contributed by atoms with Crippen molar-refractivity contribution in [2.75, 3.05) is 7.11 Å². The maximum Gasteiger partial charge on any atom is 0.128 e. The van der Waals surface area contributed by atoms with Crippen molar-refractivity contribution in [1.29, 1.82) is 0 Å². The lowest BCUT2D eigenvalue weighted by Gasteiger charge is -2.26. The summed E-state index contributed by atoms with van der Waals surface area (Å²) in [5.41, 5.74) is 14.5. The van der Waals surface area contributed by atoms with Gasteiger partial charge in [0.2, 0.25) is 0 Å². The highest BCUT2D eigenvalue weighted by Gasteiger charge is 2.22. The number of ether oxygens (including phenoxy) is 1. The zero-order valence-corrected chi connectivity index (χ0v) is 31.3. The molecule has 0 radical (unpaired) electrons. The van der Waals surface area contributed by atoms with Gasteiger partial charge in [0, 0.05) is 22.9 Å². The number of para-hydroxylation sites is 1. The third kappa shape index (κ3) is 7.58. The number of hydrogen-bond donors (Lipinski definition) is 0. The van der Waals surface area contributed by atoms with Crippen molar-refractivity contribution in [2.24, 2.45) is 0 Å². The standard InChI is InChI=1S/C47H50N2O/c1-45(2,3)37-20-18-31(19-21-37)32-22-23-48-41(27-32)33-14-13-15-34(24-33)42-28-36(29-43(49-42)40-16-11-12-17-44(40)50-10)35-25-38(46(4,5)6)30-39(26-35)47(7,8)9/h11-30H,1-10H3. The zero-order chi connectivity index (χ0) is 35.8. The minimum Gasteiger partial charge on any atom is -0.496 e. The summed E-state index contributed by atoms with van der Waals surface area (Å²) in [6, 6.07) is 41.4. The molecule has 4 aromatic carbocycles. The van der Waals surface area contributed by atoms with Crippen molar-refractivity contribution >= 4 is 0 Å². The van der Waals surface area contributed by atoms with E-state index in [2.05, 4.69) is 159 Å². The summed E-state index contributed by atoms with van der Waals surface area (Å²) < 4.78 is 5.82. The first kappa shape index (κ1) is 34.8. The molecule has 0 saturated carbocycles. The van der Waals surface area contributed by atoms with Gasteiger partial charge >= 0.3 is 0 Å². The van der Waals surface area contributed by atoms with Crippen molar-refractivity contribution in [1.82, 2.24) is 9.97 Å². The van der Waals surface area contributed by atoms with Crippen LogP contribution in [0.25, 0.3) is 56.0 Å². The van der Waals surface area contributed by atoms with Gasteiger partial charge in [0.25, 0.3) is 0 Å². The van der Waals surface area contributed by atoms with Gasteiger partial charge in [0.05, 0.1) is 24.2 Å². The van der Waals surface area contributed by atoms with Gasteiger partial charge in [-0.15, -0.1) is 0 Å². The molecule has 0 aliphatic rings. The van der Waals surface area contributed by atoms with E-state index in [1.807, 2.05) is 24.4 Å². The molecule has 3 heteroatoms. The van der Waals surface area contributed by atoms with E-state index < -0.39 is 0 Å². The molecule has 0 saturated heterocycles. The number of hydrogen-bond acceptors (Lipinski definition) is 3. The second-order valence-corrected chi connectivity index (χ2v) is 16.5. The van der Waals surface area contributed by atoms with E-state index in [0.29, 0.717) is 0 Å². The van der Waals surface area contributed by atoms with Gasteiger partial charge in [-0.25, -0.2) is 4.98 Å². The van der Waals surface area contributed by atoms with Crippen LogP contribution < -0.4 is 4.74 Å². The fraction of sp³-hybridized carbons (Fsp3) is 0.277. The molecule has 2 heterocycles. The lowest BCUT2D eigenvalue weighted by atomic mass is 9.79.